The van der Waals surface area contributed by atoms with Gasteiger partial charge in [0.1, 0.15) is 0 Å². The summed E-state index contributed by atoms with van der Waals surface area (Å²) in [5.41, 5.74) is 1.99. The maximum absolute atomic E-state index is 11.5. The van der Waals surface area contributed by atoms with Gasteiger partial charge in [0.2, 0.25) is 11.8 Å². The SMILES string of the molecule is CCNC(=NCCc1ccc(NC(C)=O)cc1)N1CCN(C(C)=O)CC1. The predicted octanol–water partition coefficient (Wildman–Crippen LogP) is 1.32. The van der Waals surface area contributed by atoms with Gasteiger partial charge in [-0.1, -0.05) is 12.1 Å². The summed E-state index contributed by atoms with van der Waals surface area (Å²) < 4.78 is 0. The van der Waals surface area contributed by atoms with Gasteiger partial charge in [-0.25, -0.2) is 0 Å². The van der Waals surface area contributed by atoms with Crippen LogP contribution in [0, 0.1) is 0 Å². The van der Waals surface area contributed by atoms with Crippen LogP contribution in [0.5, 0.6) is 0 Å². The van der Waals surface area contributed by atoms with Crippen molar-refractivity contribution in [2.75, 3.05) is 44.6 Å². The number of hydrogen-bond donors (Lipinski definition) is 2. The molecular formula is C19H29N5O2. The lowest BCUT2D eigenvalue weighted by molar-refractivity contribution is -0.130. The Morgan fingerprint density at radius 3 is 2.19 bits per heavy atom. The Morgan fingerprint density at radius 1 is 1.04 bits per heavy atom. The first-order chi connectivity index (χ1) is 12.5. The summed E-state index contributed by atoms with van der Waals surface area (Å²) in [6.07, 6.45) is 0.836. The highest BCUT2D eigenvalue weighted by Gasteiger charge is 2.20. The minimum atomic E-state index is -0.0671. The van der Waals surface area contributed by atoms with Crippen molar-refractivity contribution in [2.45, 2.75) is 27.2 Å². The van der Waals surface area contributed by atoms with Crippen LogP contribution in [0.4, 0.5) is 5.69 Å². The number of nitrogens with zero attached hydrogens (tertiary/aromatic N) is 3. The molecule has 142 valence electrons. The van der Waals surface area contributed by atoms with Crippen LogP contribution in [0.15, 0.2) is 29.3 Å². The molecule has 2 rings (SSSR count). The molecule has 1 heterocycles. The summed E-state index contributed by atoms with van der Waals surface area (Å²) in [6, 6.07) is 7.85. The van der Waals surface area contributed by atoms with Crippen LogP contribution in [0.25, 0.3) is 0 Å². The standard InChI is InChI=1S/C19H29N5O2/c1-4-20-19(24-13-11-23(12-14-24)16(3)26)21-10-9-17-5-7-18(8-6-17)22-15(2)25/h5-8H,4,9-14H2,1-3H3,(H,20,21)(H,22,25). The highest BCUT2D eigenvalue weighted by Crippen LogP contribution is 2.10. The molecule has 1 aromatic carbocycles. The van der Waals surface area contributed by atoms with E-state index < -0.39 is 0 Å². The molecule has 1 saturated heterocycles. The minimum absolute atomic E-state index is 0.0671. The first-order valence-electron chi connectivity index (χ1n) is 9.15. The van der Waals surface area contributed by atoms with Gasteiger partial charge in [-0.15, -0.1) is 0 Å². The minimum Gasteiger partial charge on any atom is -0.357 e. The summed E-state index contributed by atoms with van der Waals surface area (Å²) in [7, 11) is 0. The molecule has 0 aromatic heterocycles. The largest absolute Gasteiger partial charge is 0.357 e. The maximum atomic E-state index is 11.5. The lowest BCUT2D eigenvalue weighted by Gasteiger charge is -2.36. The average Bonchev–Trinajstić information content (AvgIpc) is 2.62. The Labute approximate surface area is 155 Å². The molecule has 7 nitrogen and oxygen atoms in total. The molecule has 0 spiro atoms. The van der Waals surface area contributed by atoms with Crippen LogP contribution in [-0.4, -0.2) is 66.8 Å². The van der Waals surface area contributed by atoms with Crippen LogP contribution in [0.2, 0.25) is 0 Å². The lowest BCUT2D eigenvalue weighted by Crippen LogP contribution is -2.53. The smallest absolute Gasteiger partial charge is 0.221 e. The number of benzene rings is 1. The van der Waals surface area contributed by atoms with Crippen molar-refractivity contribution < 1.29 is 9.59 Å². The number of guanidine groups is 1. The molecule has 0 atom stereocenters. The summed E-state index contributed by atoms with van der Waals surface area (Å²) >= 11 is 0. The maximum Gasteiger partial charge on any atom is 0.221 e. The highest BCUT2D eigenvalue weighted by atomic mass is 16.2. The van der Waals surface area contributed by atoms with Crippen molar-refractivity contribution in [3.63, 3.8) is 0 Å². The van der Waals surface area contributed by atoms with Gasteiger partial charge in [-0.2, -0.15) is 0 Å². The van der Waals surface area contributed by atoms with Gasteiger partial charge in [-0.3, -0.25) is 14.6 Å². The summed E-state index contributed by atoms with van der Waals surface area (Å²) in [5.74, 6) is 0.974. The molecule has 1 aromatic rings. The Hall–Kier alpha value is -2.57. The topological polar surface area (TPSA) is 77.0 Å². The molecule has 26 heavy (non-hydrogen) atoms. The van der Waals surface area contributed by atoms with Gasteiger partial charge in [-0.05, 0) is 31.0 Å². The zero-order valence-electron chi connectivity index (χ0n) is 15.9. The number of nitrogens with one attached hydrogen (secondary N) is 2. The predicted molar refractivity (Wildman–Crippen MR) is 104 cm³/mol. The lowest BCUT2D eigenvalue weighted by atomic mass is 10.1. The van der Waals surface area contributed by atoms with E-state index in [1.165, 1.54) is 12.5 Å². The van der Waals surface area contributed by atoms with E-state index in [4.69, 9.17) is 4.99 Å². The van der Waals surface area contributed by atoms with E-state index in [1.807, 2.05) is 29.2 Å². The van der Waals surface area contributed by atoms with E-state index in [2.05, 4.69) is 22.5 Å². The first-order valence-corrected chi connectivity index (χ1v) is 9.15. The number of carbonyl (C=O) groups is 2. The first kappa shape index (κ1) is 19.8. The van der Waals surface area contributed by atoms with Crippen molar-refractivity contribution in [2.24, 2.45) is 4.99 Å². The van der Waals surface area contributed by atoms with E-state index in [-0.39, 0.29) is 11.8 Å². The van der Waals surface area contributed by atoms with Crippen LogP contribution in [0.1, 0.15) is 26.3 Å². The van der Waals surface area contributed by atoms with Crippen molar-refractivity contribution in [3.8, 4) is 0 Å². The number of rotatable bonds is 5. The van der Waals surface area contributed by atoms with Crippen LogP contribution >= 0.6 is 0 Å². The molecule has 2 N–H and O–H groups in total. The third kappa shape index (κ3) is 6.06. The second-order valence-corrected chi connectivity index (χ2v) is 6.36. The van der Waals surface area contributed by atoms with Gasteiger partial charge < -0.3 is 20.4 Å². The van der Waals surface area contributed by atoms with E-state index >= 15 is 0 Å². The third-order valence-corrected chi connectivity index (χ3v) is 4.30. The van der Waals surface area contributed by atoms with Crippen LogP contribution in [-0.2, 0) is 16.0 Å². The number of amides is 2. The van der Waals surface area contributed by atoms with Crippen molar-refractivity contribution >= 4 is 23.5 Å². The molecular weight excluding hydrogens is 330 g/mol. The molecule has 0 unspecified atom stereocenters. The average molecular weight is 359 g/mol. The monoisotopic (exact) mass is 359 g/mol. The van der Waals surface area contributed by atoms with E-state index in [0.29, 0.717) is 6.54 Å². The van der Waals surface area contributed by atoms with Crippen LogP contribution in [0.3, 0.4) is 0 Å². The molecule has 0 bridgehead atoms. The van der Waals surface area contributed by atoms with Crippen LogP contribution < -0.4 is 10.6 Å². The fraction of sp³-hybridized carbons (Fsp3) is 0.526. The number of piperazine rings is 1. The number of carbonyl (C=O) groups excluding carboxylic acids is 2. The molecule has 0 aliphatic carbocycles. The number of hydrogen-bond acceptors (Lipinski definition) is 3. The second-order valence-electron chi connectivity index (χ2n) is 6.36. The Bertz CT molecular complexity index is 634. The molecule has 7 heteroatoms. The molecule has 1 aliphatic rings. The summed E-state index contributed by atoms with van der Waals surface area (Å²) in [4.78, 5) is 31.3. The summed E-state index contributed by atoms with van der Waals surface area (Å²) in [5, 5.41) is 6.10. The molecule has 0 saturated carbocycles. The number of aliphatic imine (C=N–C) groups is 1. The Morgan fingerprint density at radius 2 is 1.65 bits per heavy atom. The molecule has 0 radical (unpaired) electrons. The van der Waals surface area contributed by atoms with E-state index in [1.54, 1.807) is 6.92 Å². The quantitative estimate of drug-likeness (QED) is 0.614. The Kier molecular flexibility index (Phi) is 7.44. The van der Waals surface area contributed by atoms with E-state index in [9.17, 15) is 9.59 Å². The zero-order chi connectivity index (χ0) is 18.9. The fourth-order valence-electron chi connectivity index (χ4n) is 2.91. The van der Waals surface area contributed by atoms with Gasteiger partial charge in [0.05, 0.1) is 0 Å². The second kappa shape index (κ2) is 9.79. The van der Waals surface area contributed by atoms with E-state index in [0.717, 1.165) is 50.8 Å². The van der Waals surface area contributed by atoms with Gasteiger partial charge >= 0.3 is 0 Å². The van der Waals surface area contributed by atoms with Crippen molar-refractivity contribution in [1.29, 1.82) is 0 Å². The van der Waals surface area contributed by atoms with Gasteiger partial charge in [0.15, 0.2) is 5.96 Å². The van der Waals surface area contributed by atoms with Gasteiger partial charge in [0, 0.05) is 58.8 Å². The molecule has 1 fully saturated rings. The van der Waals surface area contributed by atoms with Crippen molar-refractivity contribution in [1.82, 2.24) is 15.1 Å². The highest BCUT2D eigenvalue weighted by molar-refractivity contribution is 5.88. The molecule has 1 aliphatic heterocycles. The zero-order valence-corrected chi connectivity index (χ0v) is 15.9. The molecule has 2 amide bonds. The fourth-order valence-corrected chi connectivity index (χ4v) is 2.91. The normalized spacial score (nSPS) is 15.0. The summed E-state index contributed by atoms with van der Waals surface area (Å²) in [6.45, 7) is 9.77. The van der Waals surface area contributed by atoms with Gasteiger partial charge in [0.25, 0.3) is 0 Å². The third-order valence-electron chi connectivity index (χ3n) is 4.30. The Balaban J connectivity index is 1.88. The van der Waals surface area contributed by atoms with Crippen molar-refractivity contribution in [3.05, 3.63) is 29.8 Å². The number of anilines is 1.